The molecule has 2 N–H and O–H groups in total. The van der Waals surface area contributed by atoms with E-state index in [2.05, 4.69) is 10.2 Å². The van der Waals surface area contributed by atoms with Crippen LogP contribution in [0.25, 0.3) is 0 Å². The van der Waals surface area contributed by atoms with Gasteiger partial charge >= 0.3 is 12.0 Å². The Kier molecular flexibility index (Phi) is 3.99. The van der Waals surface area contributed by atoms with Crippen LogP contribution in [0.2, 0.25) is 0 Å². The first kappa shape index (κ1) is 14.1. The first-order chi connectivity index (χ1) is 8.94. The molecule has 1 saturated carbocycles. The third kappa shape index (κ3) is 2.83. The van der Waals surface area contributed by atoms with Crippen molar-refractivity contribution in [2.45, 2.75) is 43.7 Å². The van der Waals surface area contributed by atoms with Gasteiger partial charge in [-0.3, -0.25) is 0 Å². The molecule has 2 amide bonds. The Hall–Kier alpha value is -1.30. The maximum Gasteiger partial charge on any atom is 0.329 e. The summed E-state index contributed by atoms with van der Waals surface area (Å²) < 4.78 is 0. The molecule has 2 rings (SSSR count). The largest absolute Gasteiger partial charge is 0.480 e. The maximum atomic E-state index is 12.1. The molecular weight excluding hydrogens is 246 g/mol. The molecule has 0 unspecified atom stereocenters. The number of carbonyl (C=O) groups is 2. The first-order valence-corrected chi connectivity index (χ1v) is 6.91. The van der Waals surface area contributed by atoms with Gasteiger partial charge in [-0.15, -0.1) is 0 Å². The van der Waals surface area contributed by atoms with E-state index >= 15 is 0 Å². The minimum atomic E-state index is -1.00. The quantitative estimate of drug-likeness (QED) is 0.792. The zero-order valence-corrected chi connectivity index (χ0v) is 11.7. The molecule has 1 aliphatic heterocycles. The molecule has 0 aromatic carbocycles. The molecule has 0 aromatic rings. The fourth-order valence-corrected chi connectivity index (χ4v) is 2.79. The topological polar surface area (TPSA) is 72.9 Å². The van der Waals surface area contributed by atoms with Gasteiger partial charge in [0.1, 0.15) is 5.54 Å². The van der Waals surface area contributed by atoms with Gasteiger partial charge < -0.3 is 20.2 Å². The Morgan fingerprint density at radius 3 is 2.21 bits per heavy atom. The third-order valence-corrected chi connectivity index (χ3v) is 4.44. The molecule has 1 heterocycles. The average molecular weight is 269 g/mol. The smallest absolute Gasteiger partial charge is 0.329 e. The summed E-state index contributed by atoms with van der Waals surface area (Å²) in [7, 11) is 4.10. The number of aliphatic carboxylic acids is 1. The van der Waals surface area contributed by atoms with E-state index in [0.717, 1.165) is 19.3 Å². The number of carbonyl (C=O) groups excluding carboxylic acids is 1. The van der Waals surface area contributed by atoms with Gasteiger partial charge in [-0.1, -0.05) is 0 Å². The molecule has 2 fully saturated rings. The number of piperidine rings is 1. The minimum Gasteiger partial charge on any atom is -0.480 e. The number of carboxylic acid groups (broad SMARTS) is 1. The number of nitrogens with zero attached hydrogens (tertiary/aromatic N) is 2. The third-order valence-electron chi connectivity index (χ3n) is 4.44. The molecule has 19 heavy (non-hydrogen) atoms. The van der Waals surface area contributed by atoms with Gasteiger partial charge in [-0.05, 0) is 46.2 Å². The lowest BCUT2D eigenvalue weighted by Gasteiger charge is -2.41. The highest BCUT2D eigenvalue weighted by Crippen LogP contribution is 2.32. The van der Waals surface area contributed by atoms with E-state index in [0.29, 0.717) is 32.0 Å². The highest BCUT2D eigenvalue weighted by Gasteiger charge is 2.46. The van der Waals surface area contributed by atoms with Crippen molar-refractivity contribution in [1.29, 1.82) is 0 Å². The summed E-state index contributed by atoms with van der Waals surface area (Å²) >= 11 is 0. The van der Waals surface area contributed by atoms with Gasteiger partial charge in [-0.2, -0.15) is 0 Å². The summed E-state index contributed by atoms with van der Waals surface area (Å²) in [4.78, 5) is 27.3. The van der Waals surface area contributed by atoms with E-state index in [1.807, 2.05) is 14.1 Å². The fraction of sp³-hybridized carbons (Fsp3) is 0.846. The number of urea groups is 1. The van der Waals surface area contributed by atoms with Crippen LogP contribution >= 0.6 is 0 Å². The highest BCUT2D eigenvalue weighted by molar-refractivity contribution is 5.87. The molecule has 0 spiro atoms. The van der Waals surface area contributed by atoms with Gasteiger partial charge in [0.15, 0.2) is 0 Å². The van der Waals surface area contributed by atoms with Crippen LogP contribution in [0.15, 0.2) is 0 Å². The Bertz CT molecular complexity index is 358. The van der Waals surface area contributed by atoms with Crippen molar-refractivity contribution in [2.24, 2.45) is 0 Å². The maximum absolute atomic E-state index is 12.1. The zero-order chi connectivity index (χ0) is 14.0. The van der Waals surface area contributed by atoms with Crippen LogP contribution in [0.5, 0.6) is 0 Å². The number of amides is 2. The molecular formula is C13H23N3O3. The van der Waals surface area contributed by atoms with Crippen LogP contribution in [0.3, 0.4) is 0 Å². The van der Waals surface area contributed by atoms with Gasteiger partial charge in [0.2, 0.25) is 0 Å². The van der Waals surface area contributed by atoms with E-state index in [9.17, 15) is 14.7 Å². The Balaban J connectivity index is 1.86. The number of hydrogen-bond acceptors (Lipinski definition) is 3. The SMILES string of the molecule is CN(C)C1CCN(C(=O)NC2(C(=O)O)CCC2)CC1. The Morgan fingerprint density at radius 2 is 1.84 bits per heavy atom. The average Bonchev–Trinajstić information content (AvgIpc) is 2.33. The first-order valence-electron chi connectivity index (χ1n) is 6.91. The summed E-state index contributed by atoms with van der Waals surface area (Å²) in [5.74, 6) is -0.907. The van der Waals surface area contributed by atoms with Crippen LogP contribution in [0, 0.1) is 0 Å². The van der Waals surface area contributed by atoms with E-state index < -0.39 is 11.5 Å². The minimum absolute atomic E-state index is 0.223. The highest BCUT2D eigenvalue weighted by atomic mass is 16.4. The normalized spacial score (nSPS) is 23.0. The van der Waals surface area contributed by atoms with Gasteiger partial charge in [0.05, 0.1) is 0 Å². The van der Waals surface area contributed by atoms with Crippen molar-refractivity contribution in [3.05, 3.63) is 0 Å². The van der Waals surface area contributed by atoms with Crippen LogP contribution in [-0.4, -0.2) is 65.7 Å². The molecule has 6 heteroatoms. The second-order valence-electron chi connectivity index (χ2n) is 5.85. The van der Waals surface area contributed by atoms with Gasteiger partial charge in [-0.25, -0.2) is 9.59 Å². The number of nitrogens with one attached hydrogen (secondary N) is 1. The Labute approximate surface area is 113 Å². The molecule has 0 aromatic heterocycles. The lowest BCUT2D eigenvalue weighted by molar-refractivity contribution is -0.148. The van der Waals surface area contributed by atoms with E-state index in [-0.39, 0.29) is 6.03 Å². The van der Waals surface area contributed by atoms with Crippen molar-refractivity contribution >= 4 is 12.0 Å². The number of carboxylic acids is 1. The van der Waals surface area contributed by atoms with Crippen molar-refractivity contribution in [3.8, 4) is 0 Å². The molecule has 1 aliphatic carbocycles. The van der Waals surface area contributed by atoms with Crippen LogP contribution < -0.4 is 5.32 Å². The molecule has 108 valence electrons. The molecule has 0 atom stereocenters. The van der Waals surface area contributed by atoms with Gasteiger partial charge in [0, 0.05) is 19.1 Å². The number of rotatable bonds is 3. The molecule has 0 radical (unpaired) electrons. The van der Waals surface area contributed by atoms with E-state index in [1.54, 1.807) is 4.90 Å². The summed E-state index contributed by atoms with van der Waals surface area (Å²) in [5, 5.41) is 11.9. The lowest BCUT2D eigenvalue weighted by atomic mass is 9.77. The summed E-state index contributed by atoms with van der Waals surface area (Å²) in [6, 6.07) is 0.292. The van der Waals surface area contributed by atoms with E-state index in [4.69, 9.17) is 0 Å². The zero-order valence-electron chi connectivity index (χ0n) is 11.7. The Morgan fingerprint density at radius 1 is 1.26 bits per heavy atom. The molecule has 2 aliphatic rings. The van der Waals surface area contributed by atoms with Crippen molar-refractivity contribution in [1.82, 2.24) is 15.1 Å². The predicted molar refractivity (Wildman–Crippen MR) is 71.0 cm³/mol. The van der Waals surface area contributed by atoms with Gasteiger partial charge in [0.25, 0.3) is 0 Å². The lowest BCUT2D eigenvalue weighted by Crippen LogP contribution is -2.62. The van der Waals surface area contributed by atoms with Crippen molar-refractivity contribution in [2.75, 3.05) is 27.2 Å². The molecule has 6 nitrogen and oxygen atoms in total. The monoisotopic (exact) mass is 269 g/mol. The van der Waals surface area contributed by atoms with Crippen LogP contribution in [0.1, 0.15) is 32.1 Å². The number of hydrogen-bond donors (Lipinski definition) is 2. The van der Waals surface area contributed by atoms with E-state index in [1.165, 1.54) is 0 Å². The summed E-state index contributed by atoms with van der Waals surface area (Å²) in [5.41, 5.74) is -1.00. The van der Waals surface area contributed by atoms with Crippen molar-refractivity contribution < 1.29 is 14.7 Å². The summed E-state index contributed by atoms with van der Waals surface area (Å²) in [6.07, 6.45) is 3.85. The second kappa shape index (κ2) is 5.36. The molecule has 0 bridgehead atoms. The fourth-order valence-electron chi connectivity index (χ4n) is 2.79. The second-order valence-corrected chi connectivity index (χ2v) is 5.85. The molecule has 1 saturated heterocycles. The standard InChI is InChI=1S/C13H23N3O3/c1-15(2)10-4-8-16(9-5-10)12(19)14-13(11(17)18)6-3-7-13/h10H,3-9H2,1-2H3,(H,14,19)(H,17,18). The van der Waals surface area contributed by atoms with Crippen LogP contribution in [-0.2, 0) is 4.79 Å². The number of likely N-dealkylation sites (tertiary alicyclic amines) is 1. The van der Waals surface area contributed by atoms with Crippen LogP contribution in [0.4, 0.5) is 4.79 Å². The van der Waals surface area contributed by atoms with Crippen molar-refractivity contribution in [3.63, 3.8) is 0 Å². The predicted octanol–water partition coefficient (Wildman–Crippen LogP) is 0.729. The summed E-state index contributed by atoms with van der Waals surface area (Å²) in [6.45, 7) is 1.40.